The fourth-order valence-corrected chi connectivity index (χ4v) is 12.7. The Balaban J connectivity index is 0.977. The Morgan fingerprint density at radius 2 is 0.985 bits per heavy atom. The number of para-hydroxylation sites is 4. The molecule has 2 aliphatic carbocycles. The molecular weight excluding hydrogens is 827 g/mol. The van der Waals surface area contributed by atoms with Crippen LogP contribution in [-0.4, -0.2) is 14.1 Å². The lowest BCUT2D eigenvalue weighted by atomic mass is 9.70. The van der Waals surface area contributed by atoms with E-state index >= 15 is 0 Å². The van der Waals surface area contributed by atoms with Crippen LogP contribution in [0, 0.1) is 0 Å². The number of hydrogen-bond donors (Lipinski definition) is 0. The predicted molar refractivity (Wildman–Crippen MR) is 279 cm³/mol. The first-order valence-electron chi connectivity index (χ1n) is 23.5. The molecule has 4 nitrogen and oxygen atoms in total. The molecule has 0 unspecified atom stereocenters. The molecule has 4 heterocycles. The van der Waals surface area contributed by atoms with Gasteiger partial charge in [0.25, 0.3) is 0 Å². The summed E-state index contributed by atoms with van der Waals surface area (Å²) in [6, 6.07) is 82.2. The van der Waals surface area contributed by atoms with Gasteiger partial charge in [-0.1, -0.05) is 170 Å². The third kappa shape index (κ3) is 4.47. The van der Waals surface area contributed by atoms with Gasteiger partial charge in [-0.05, 0) is 99.1 Å². The molecule has 68 heavy (non-hydrogen) atoms. The van der Waals surface area contributed by atoms with Crippen LogP contribution in [0.4, 0.5) is 0 Å². The first-order valence-corrected chi connectivity index (χ1v) is 23.5. The highest BCUT2D eigenvalue weighted by Crippen LogP contribution is 2.64. The minimum absolute atomic E-state index is 0.440. The highest BCUT2D eigenvalue weighted by molar-refractivity contribution is 6.25. The normalized spacial score (nSPS) is 13.4. The summed E-state index contributed by atoms with van der Waals surface area (Å²) in [4.78, 5) is 5.57. The van der Waals surface area contributed by atoms with Crippen LogP contribution in [0.1, 0.15) is 22.3 Å². The highest BCUT2D eigenvalue weighted by Gasteiger charge is 2.52. The molecule has 4 aromatic heterocycles. The second-order valence-electron chi connectivity index (χ2n) is 18.5. The summed E-state index contributed by atoms with van der Waals surface area (Å²) in [7, 11) is 0. The summed E-state index contributed by atoms with van der Waals surface area (Å²) >= 11 is 0. The van der Waals surface area contributed by atoms with Crippen molar-refractivity contribution in [3.8, 4) is 44.9 Å². The number of nitrogens with zero attached hydrogens (tertiary/aromatic N) is 3. The van der Waals surface area contributed by atoms with Crippen molar-refractivity contribution in [3.05, 3.63) is 247 Å². The SMILES string of the molecule is c1ccc(-n2c3ccccc3c3cc4c(cc32)c2c3ccccc3oc2n4-c2cccc(-c3nc4ccccc4c4c5c(ccc34)C3(c4ccccc4-c4ccccc43)c3ccccc3-5)c2)cc1. The van der Waals surface area contributed by atoms with Crippen LogP contribution in [0.3, 0.4) is 0 Å². The van der Waals surface area contributed by atoms with Gasteiger partial charge >= 0.3 is 0 Å². The lowest BCUT2D eigenvalue weighted by Gasteiger charge is -2.30. The quantitative estimate of drug-likeness (QED) is 0.166. The first kappa shape index (κ1) is 36.3. The molecule has 0 bridgehead atoms. The molecule has 0 radical (unpaired) electrons. The number of hydrogen-bond acceptors (Lipinski definition) is 2. The van der Waals surface area contributed by atoms with Gasteiger partial charge in [-0.3, -0.25) is 4.57 Å². The second-order valence-corrected chi connectivity index (χ2v) is 18.5. The summed E-state index contributed by atoms with van der Waals surface area (Å²) < 4.78 is 11.7. The number of fused-ring (bicyclic) bond motifs is 22. The lowest BCUT2D eigenvalue weighted by Crippen LogP contribution is -2.25. The average Bonchev–Trinajstić information content (AvgIpc) is 4.18. The van der Waals surface area contributed by atoms with Gasteiger partial charge in [0, 0.05) is 54.6 Å². The van der Waals surface area contributed by atoms with E-state index in [-0.39, 0.29) is 0 Å². The smallest absolute Gasteiger partial charge is 0.213 e. The fraction of sp³-hybridized carbons (Fsp3) is 0.0156. The van der Waals surface area contributed by atoms with Crippen molar-refractivity contribution >= 4 is 76.5 Å². The van der Waals surface area contributed by atoms with Gasteiger partial charge in [-0.15, -0.1) is 0 Å². The zero-order valence-electron chi connectivity index (χ0n) is 36.6. The van der Waals surface area contributed by atoms with Crippen molar-refractivity contribution in [3.63, 3.8) is 0 Å². The Bertz CT molecular complexity index is 4460. The Labute approximate surface area is 390 Å². The number of benzene rings is 10. The maximum Gasteiger partial charge on any atom is 0.213 e. The monoisotopic (exact) mass is 863 g/mol. The molecule has 2 aliphatic rings. The molecule has 0 fully saturated rings. The Kier molecular flexibility index (Phi) is 6.98. The maximum atomic E-state index is 6.92. The van der Waals surface area contributed by atoms with Crippen LogP contribution in [0.25, 0.3) is 121 Å². The second kappa shape index (κ2) is 13.1. The topological polar surface area (TPSA) is 35.9 Å². The zero-order chi connectivity index (χ0) is 44.2. The number of pyridine rings is 1. The molecule has 1 spiro atoms. The van der Waals surface area contributed by atoms with Gasteiger partial charge in [0.15, 0.2) is 0 Å². The summed E-state index contributed by atoms with van der Waals surface area (Å²) in [6.07, 6.45) is 0. The van der Waals surface area contributed by atoms with E-state index in [1.807, 2.05) is 0 Å². The molecule has 0 saturated carbocycles. The largest absolute Gasteiger partial charge is 0.439 e. The Hall–Kier alpha value is -8.99. The van der Waals surface area contributed by atoms with E-state index in [4.69, 9.17) is 9.40 Å². The molecule has 14 aromatic rings. The van der Waals surface area contributed by atoms with Gasteiger partial charge in [0.05, 0.1) is 38.6 Å². The van der Waals surface area contributed by atoms with Gasteiger partial charge < -0.3 is 8.98 Å². The van der Waals surface area contributed by atoms with Crippen LogP contribution in [0.5, 0.6) is 0 Å². The molecule has 0 aliphatic heterocycles. The van der Waals surface area contributed by atoms with Gasteiger partial charge in [-0.2, -0.15) is 0 Å². The Morgan fingerprint density at radius 1 is 0.368 bits per heavy atom. The van der Waals surface area contributed by atoms with Gasteiger partial charge in [-0.25, -0.2) is 4.98 Å². The zero-order valence-corrected chi connectivity index (χ0v) is 36.6. The predicted octanol–water partition coefficient (Wildman–Crippen LogP) is 16.3. The van der Waals surface area contributed by atoms with Crippen LogP contribution < -0.4 is 0 Å². The van der Waals surface area contributed by atoms with Crippen LogP contribution in [-0.2, 0) is 5.41 Å². The number of aromatic nitrogens is 3. The molecular formula is C64H37N3O. The van der Waals surface area contributed by atoms with E-state index in [0.29, 0.717) is 0 Å². The summed E-state index contributed by atoms with van der Waals surface area (Å²) in [5.41, 5.74) is 20.4. The molecule has 0 saturated heterocycles. The highest BCUT2D eigenvalue weighted by atomic mass is 16.3. The third-order valence-electron chi connectivity index (χ3n) is 15.3. The molecule has 0 N–H and O–H groups in total. The number of rotatable bonds is 3. The molecule has 0 amide bonds. The van der Waals surface area contributed by atoms with Gasteiger partial charge in [0.2, 0.25) is 5.71 Å². The molecule has 10 aromatic carbocycles. The number of furan rings is 1. The van der Waals surface area contributed by atoms with E-state index < -0.39 is 5.41 Å². The van der Waals surface area contributed by atoms with Crippen molar-refractivity contribution < 1.29 is 4.42 Å². The van der Waals surface area contributed by atoms with Gasteiger partial charge in [0.1, 0.15) is 5.58 Å². The van der Waals surface area contributed by atoms with Crippen LogP contribution >= 0.6 is 0 Å². The molecule has 4 heteroatoms. The van der Waals surface area contributed by atoms with E-state index in [1.54, 1.807) is 0 Å². The van der Waals surface area contributed by atoms with E-state index in [0.717, 1.165) is 77.4 Å². The van der Waals surface area contributed by atoms with Crippen molar-refractivity contribution in [1.29, 1.82) is 0 Å². The van der Waals surface area contributed by atoms with Crippen molar-refractivity contribution in [2.24, 2.45) is 0 Å². The van der Waals surface area contributed by atoms with Crippen molar-refractivity contribution in [2.45, 2.75) is 5.41 Å². The minimum Gasteiger partial charge on any atom is -0.439 e. The van der Waals surface area contributed by atoms with Crippen molar-refractivity contribution in [1.82, 2.24) is 14.1 Å². The minimum atomic E-state index is -0.440. The molecule has 16 rings (SSSR count). The van der Waals surface area contributed by atoms with Crippen molar-refractivity contribution in [2.75, 3.05) is 0 Å². The van der Waals surface area contributed by atoms with E-state index in [2.05, 4.69) is 234 Å². The van der Waals surface area contributed by atoms with E-state index in [1.165, 1.54) is 66.2 Å². The fourth-order valence-electron chi connectivity index (χ4n) is 12.7. The first-order chi connectivity index (χ1) is 33.8. The summed E-state index contributed by atoms with van der Waals surface area (Å²) in [5, 5.41) is 9.30. The maximum absolute atomic E-state index is 6.92. The average molecular weight is 864 g/mol. The lowest BCUT2D eigenvalue weighted by molar-refractivity contribution is 0.645. The third-order valence-corrected chi connectivity index (χ3v) is 15.3. The molecule has 0 atom stereocenters. The van der Waals surface area contributed by atoms with Crippen LogP contribution in [0.15, 0.2) is 229 Å². The standard InChI is InChI=1S/C64H37N3O/c1-2-18-39(19-3-1)66-55-31-14-8-23-43(55)48-36-57-49(37-56(48)66)60-46-26-9-15-32-58(46)68-63(60)67(57)40-20-16-17-38(35-40)62-47-33-34-53-61(59(47)45-25-7-13-30-54(45)65-62)44-24-6-12-29-52(44)64(53)50-27-10-4-21-41(50)42-22-5-11-28-51(42)64/h1-37H. The summed E-state index contributed by atoms with van der Waals surface area (Å²) in [6.45, 7) is 0. The summed E-state index contributed by atoms with van der Waals surface area (Å²) in [5.74, 6) is 0. The Morgan fingerprint density at radius 3 is 1.79 bits per heavy atom. The van der Waals surface area contributed by atoms with E-state index in [9.17, 15) is 0 Å². The molecule has 314 valence electrons. The van der Waals surface area contributed by atoms with Crippen LogP contribution in [0.2, 0.25) is 0 Å².